The Morgan fingerprint density at radius 1 is 1.26 bits per heavy atom. The van der Waals surface area contributed by atoms with Gasteiger partial charge in [0.15, 0.2) is 11.8 Å². The lowest BCUT2D eigenvalue weighted by molar-refractivity contribution is 0.258. The predicted molar refractivity (Wildman–Crippen MR) is 112 cm³/mol. The van der Waals surface area contributed by atoms with Crippen molar-refractivity contribution in [3.63, 3.8) is 0 Å². The first-order valence-corrected chi connectivity index (χ1v) is 9.42. The first-order valence-electron chi connectivity index (χ1n) is 8.66. The molecule has 0 saturated carbocycles. The molecule has 1 aromatic heterocycles. The Morgan fingerprint density at radius 2 is 1.96 bits per heavy atom. The number of rotatable bonds is 4. The Morgan fingerprint density at radius 3 is 2.59 bits per heavy atom. The van der Waals surface area contributed by atoms with Crippen LogP contribution in [0.15, 0.2) is 29.4 Å². The lowest BCUT2D eigenvalue weighted by Crippen LogP contribution is -2.41. The lowest BCUT2D eigenvalue weighted by Gasteiger charge is -2.39. The number of nitrogen functional groups attached to an aromatic ring is 1. The van der Waals surface area contributed by atoms with Gasteiger partial charge in [-0.3, -0.25) is 4.99 Å². The van der Waals surface area contributed by atoms with Gasteiger partial charge in [0.2, 0.25) is 0 Å². The summed E-state index contributed by atoms with van der Waals surface area (Å²) in [5.41, 5.74) is 18.3. The normalized spacial score (nSPS) is 16.2. The van der Waals surface area contributed by atoms with Gasteiger partial charge in [0.25, 0.3) is 0 Å². The van der Waals surface area contributed by atoms with Crippen LogP contribution < -0.4 is 22.1 Å². The van der Waals surface area contributed by atoms with Gasteiger partial charge in [0, 0.05) is 25.2 Å². The second-order valence-electron chi connectivity index (χ2n) is 7.10. The molecule has 0 spiro atoms. The van der Waals surface area contributed by atoms with E-state index >= 15 is 0 Å². The molecule has 7 nitrogen and oxygen atoms in total. The molecular formula is C18H23Cl2N7. The highest BCUT2D eigenvalue weighted by Crippen LogP contribution is 2.36. The molecule has 144 valence electrons. The SMILES string of the molecule is CC1(CN=C(N)N)CCN(c2cnc(-c3cccc(Cl)c3Cl)c(N)n2)CC1. The maximum atomic E-state index is 6.28. The van der Waals surface area contributed by atoms with Crippen LogP contribution in [0.2, 0.25) is 10.0 Å². The van der Waals surface area contributed by atoms with Crippen molar-refractivity contribution >= 4 is 40.8 Å². The van der Waals surface area contributed by atoms with Gasteiger partial charge in [-0.1, -0.05) is 42.3 Å². The van der Waals surface area contributed by atoms with Gasteiger partial charge in [-0.25, -0.2) is 9.97 Å². The van der Waals surface area contributed by atoms with Gasteiger partial charge in [0.05, 0.1) is 16.2 Å². The van der Waals surface area contributed by atoms with Crippen molar-refractivity contribution in [1.82, 2.24) is 9.97 Å². The summed E-state index contributed by atoms with van der Waals surface area (Å²) in [6.45, 7) is 4.49. The van der Waals surface area contributed by atoms with Crippen molar-refractivity contribution in [2.24, 2.45) is 21.9 Å². The summed E-state index contributed by atoms with van der Waals surface area (Å²) in [5, 5.41) is 0.872. The number of halogens is 2. The first kappa shape index (κ1) is 19.5. The van der Waals surface area contributed by atoms with Crippen molar-refractivity contribution in [3.05, 3.63) is 34.4 Å². The Kier molecular flexibility index (Phi) is 5.62. The molecule has 1 aliphatic heterocycles. The van der Waals surface area contributed by atoms with Crippen LogP contribution in [0.4, 0.5) is 11.6 Å². The molecule has 0 radical (unpaired) electrons. The van der Waals surface area contributed by atoms with Gasteiger partial charge in [0.1, 0.15) is 11.5 Å². The summed E-state index contributed by atoms with van der Waals surface area (Å²) in [6.07, 6.45) is 3.63. The number of benzene rings is 1. The van der Waals surface area contributed by atoms with Crippen molar-refractivity contribution in [2.45, 2.75) is 19.8 Å². The molecule has 0 bridgehead atoms. The van der Waals surface area contributed by atoms with Crippen LogP contribution in [0.25, 0.3) is 11.3 Å². The molecule has 1 aromatic carbocycles. The van der Waals surface area contributed by atoms with Crippen molar-refractivity contribution < 1.29 is 0 Å². The Hall–Kier alpha value is -2.25. The fraction of sp³-hybridized carbons (Fsp3) is 0.389. The molecule has 9 heteroatoms. The zero-order valence-electron chi connectivity index (χ0n) is 15.1. The molecule has 27 heavy (non-hydrogen) atoms. The predicted octanol–water partition coefficient (Wildman–Crippen LogP) is 2.91. The number of aliphatic imine (C=N–C) groups is 1. The number of nitrogens with zero attached hydrogens (tertiary/aromatic N) is 4. The van der Waals surface area contributed by atoms with Gasteiger partial charge < -0.3 is 22.1 Å². The molecular weight excluding hydrogens is 385 g/mol. The molecule has 1 aliphatic rings. The molecule has 0 atom stereocenters. The van der Waals surface area contributed by atoms with E-state index in [1.165, 1.54) is 0 Å². The topological polar surface area (TPSA) is 119 Å². The zero-order valence-corrected chi connectivity index (χ0v) is 16.6. The summed E-state index contributed by atoms with van der Waals surface area (Å²) < 4.78 is 0. The molecule has 0 unspecified atom stereocenters. The van der Waals surface area contributed by atoms with E-state index in [-0.39, 0.29) is 11.4 Å². The van der Waals surface area contributed by atoms with Crippen LogP contribution in [0.3, 0.4) is 0 Å². The van der Waals surface area contributed by atoms with Crippen LogP contribution in [0.1, 0.15) is 19.8 Å². The third-order valence-electron chi connectivity index (χ3n) is 4.93. The first-order chi connectivity index (χ1) is 12.8. The van der Waals surface area contributed by atoms with E-state index in [9.17, 15) is 0 Å². The average molecular weight is 408 g/mol. The number of guanidine groups is 1. The van der Waals surface area contributed by atoms with E-state index in [0.29, 0.717) is 33.7 Å². The van der Waals surface area contributed by atoms with Crippen LogP contribution in [0, 0.1) is 5.41 Å². The quantitative estimate of drug-likeness (QED) is 0.529. The highest BCUT2D eigenvalue weighted by molar-refractivity contribution is 6.43. The summed E-state index contributed by atoms with van der Waals surface area (Å²) in [4.78, 5) is 15.4. The molecule has 1 fully saturated rings. The number of hydrogen-bond acceptors (Lipinski definition) is 5. The Bertz CT molecular complexity index is 857. The highest BCUT2D eigenvalue weighted by atomic mass is 35.5. The van der Waals surface area contributed by atoms with Crippen molar-refractivity contribution in [1.29, 1.82) is 0 Å². The van der Waals surface area contributed by atoms with Crippen molar-refractivity contribution in [3.8, 4) is 11.3 Å². The number of aromatic nitrogens is 2. The smallest absolute Gasteiger partial charge is 0.185 e. The van der Waals surface area contributed by atoms with Gasteiger partial charge in [-0.15, -0.1) is 0 Å². The lowest BCUT2D eigenvalue weighted by atomic mass is 9.80. The maximum absolute atomic E-state index is 6.28. The summed E-state index contributed by atoms with van der Waals surface area (Å²) in [7, 11) is 0. The van der Waals surface area contributed by atoms with Crippen LogP contribution in [-0.2, 0) is 0 Å². The average Bonchev–Trinajstić information content (AvgIpc) is 2.63. The van der Waals surface area contributed by atoms with Crippen LogP contribution >= 0.6 is 23.2 Å². The summed E-state index contributed by atoms with van der Waals surface area (Å²) in [6, 6.07) is 5.35. The maximum Gasteiger partial charge on any atom is 0.185 e. The molecule has 0 amide bonds. The Labute approximate surface area is 168 Å². The molecule has 2 heterocycles. The number of hydrogen-bond donors (Lipinski definition) is 3. The van der Waals surface area contributed by atoms with Gasteiger partial charge >= 0.3 is 0 Å². The highest BCUT2D eigenvalue weighted by Gasteiger charge is 2.30. The Balaban J connectivity index is 1.75. The zero-order chi connectivity index (χ0) is 19.6. The van der Waals surface area contributed by atoms with E-state index in [4.69, 9.17) is 40.4 Å². The molecule has 6 N–H and O–H groups in total. The van der Waals surface area contributed by atoms with Crippen LogP contribution in [-0.4, -0.2) is 35.6 Å². The van der Waals surface area contributed by atoms with E-state index in [2.05, 4.69) is 26.8 Å². The van der Waals surface area contributed by atoms with E-state index in [0.717, 1.165) is 31.7 Å². The second kappa shape index (κ2) is 7.78. The van der Waals surface area contributed by atoms with Gasteiger partial charge in [-0.2, -0.15) is 0 Å². The largest absolute Gasteiger partial charge is 0.382 e. The van der Waals surface area contributed by atoms with E-state index in [1.54, 1.807) is 18.3 Å². The molecule has 1 saturated heterocycles. The minimum Gasteiger partial charge on any atom is -0.382 e. The van der Waals surface area contributed by atoms with E-state index < -0.39 is 0 Å². The number of piperidine rings is 1. The number of anilines is 2. The molecule has 0 aliphatic carbocycles. The molecule has 2 aromatic rings. The summed E-state index contributed by atoms with van der Waals surface area (Å²) >= 11 is 12.4. The monoisotopic (exact) mass is 407 g/mol. The van der Waals surface area contributed by atoms with Gasteiger partial charge in [-0.05, 0) is 24.3 Å². The van der Waals surface area contributed by atoms with E-state index in [1.807, 2.05) is 6.07 Å². The fourth-order valence-electron chi connectivity index (χ4n) is 3.16. The fourth-order valence-corrected chi connectivity index (χ4v) is 3.55. The standard InChI is InChI=1S/C18H23Cl2N7/c1-18(10-25-17(22)23)5-7-27(8-6-18)13-9-24-15(16(21)26-13)11-3-2-4-12(19)14(11)20/h2-4,9H,5-8,10H2,1H3,(H2,21,26)(H4,22,23,25). The number of nitrogens with two attached hydrogens (primary N) is 3. The minimum absolute atomic E-state index is 0.0771. The third kappa shape index (κ3) is 4.36. The summed E-state index contributed by atoms with van der Waals surface area (Å²) in [5.74, 6) is 1.20. The van der Waals surface area contributed by atoms with Crippen LogP contribution in [0.5, 0.6) is 0 Å². The van der Waals surface area contributed by atoms with Crippen molar-refractivity contribution in [2.75, 3.05) is 30.3 Å². The minimum atomic E-state index is 0.0771. The second-order valence-corrected chi connectivity index (χ2v) is 7.89. The third-order valence-corrected chi connectivity index (χ3v) is 5.75. The molecule has 3 rings (SSSR count).